The normalized spacial score (nSPS) is 13.3. The molecule has 0 amide bonds. The molecule has 0 saturated heterocycles. The van der Waals surface area contributed by atoms with Gasteiger partial charge in [0.25, 0.3) is 0 Å². The largest absolute Gasteiger partial charge is 0.369 e. The van der Waals surface area contributed by atoms with Gasteiger partial charge >= 0.3 is 18.3 Å². The lowest BCUT2D eigenvalue weighted by Crippen LogP contribution is -2.46. The molecule has 0 aliphatic rings. The summed E-state index contributed by atoms with van der Waals surface area (Å²) in [6, 6.07) is 0. The Morgan fingerprint density at radius 1 is 1.27 bits per heavy atom. The average Bonchev–Trinajstić information content (AvgIpc) is 2.02. The molecule has 90 valence electrons. The van der Waals surface area contributed by atoms with Crippen molar-refractivity contribution in [2.75, 3.05) is 5.75 Å². The van der Waals surface area contributed by atoms with E-state index in [-0.39, 0.29) is 0 Å². The molecule has 1 nitrogen and oxygen atoms in total. The number of rotatable bonds is 5. The van der Waals surface area contributed by atoms with Gasteiger partial charge in [0, 0.05) is 19.1 Å². The maximum Gasteiger partial charge on any atom is 0.369 e. The molecule has 15 heavy (non-hydrogen) atoms. The molecule has 0 aromatic rings. The molecule has 0 saturated carbocycles. The van der Waals surface area contributed by atoms with E-state index in [4.69, 9.17) is 0 Å². The highest BCUT2D eigenvalue weighted by molar-refractivity contribution is 8.13. The third-order valence-electron chi connectivity index (χ3n) is 1.48. The van der Waals surface area contributed by atoms with Gasteiger partial charge in [0.05, 0.1) is 0 Å². The van der Waals surface area contributed by atoms with Crippen molar-refractivity contribution < 1.29 is 31.1 Å². The van der Waals surface area contributed by atoms with Crippen LogP contribution in [0.4, 0.5) is 26.3 Å². The first-order valence-electron chi connectivity index (χ1n) is 3.78. The molecule has 0 bridgehead atoms. The van der Waals surface area contributed by atoms with Gasteiger partial charge in [-0.3, -0.25) is 4.79 Å². The molecule has 0 aromatic heterocycles. The highest BCUT2D eigenvalue weighted by Crippen LogP contribution is 2.41. The van der Waals surface area contributed by atoms with Gasteiger partial charge < -0.3 is 0 Å². The molecule has 0 rings (SSSR count). The van der Waals surface area contributed by atoms with Gasteiger partial charge in [-0.25, -0.2) is 8.78 Å². The Balaban J connectivity index is 4.34. The number of carbonyl (C=O) groups excluding carboxylic acids is 1. The van der Waals surface area contributed by atoms with Crippen LogP contribution in [0.2, 0.25) is 0 Å². The zero-order valence-electron chi connectivity index (χ0n) is 7.58. The molecule has 0 aliphatic heterocycles. The van der Waals surface area contributed by atoms with Crippen LogP contribution in [0.15, 0.2) is 0 Å². The second kappa shape index (κ2) is 5.09. The van der Waals surface area contributed by atoms with Crippen molar-refractivity contribution in [3.63, 3.8) is 0 Å². The summed E-state index contributed by atoms with van der Waals surface area (Å²) < 4.78 is 72.8. The summed E-state index contributed by atoms with van der Waals surface area (Å²) in [6.07, 6.45) is -5.89. The van der Waals surface area contributed by atoms with Gasteiger partial charge in [-0.1, -0.05) is 11.8 Å². The minimum atomic E-state index is -5.36. The van der Waals surface area contributed by atoms with Crippen LogP contribution < -0.4 is 0 Å². The Bertz CT molecular complexity index is 230. The predicted molar refractivity (Wildman–Crippen MR) is 43.7 cm³/mol. The predicted octanol–water partition coefficient (Wildman–Crippen LogP) is 3.19. The van der Waals surface area contributed by atoms with Gasteiger partial charge in [-0.15, -0.1) is 0 Å². The summed E-state index contributed by atoms with van der Waals surface area (Å²) >= 11 is 0.389. The van der Waals surface area contributed by atoms with Gasteiger partial charge in [-0.05, 0) is 0 Å². The van der Waals surface area contributed by atoms with Crippen LogP contribution in [-0.2, 0) is 4.79 Å². The Labute approximate surface area is 86.2 Å². The second-order valence-electron chi connectivity index (χ2n) is 2.72. The fourth-order valence-corrected chi connectivity index (χ4v) is 1.30. The summed E-state index contributed by atoms with van der Waals surface area (Å²) in [4.78, 5) is 10.3. The molecular weight excluding hydrogens is 246 g/mol. The smallest absolute Gasteiger partial charge is 0.288 e. The third-order valence-corrected chi connectivity index (χ3v) is 2.30. The van der Waals surface area contributed by atoms with Crippen molar-refractivity contribution in [3.05, 3.63) is 0 Å². The molecule has 0 radical (unpaired) electrons. The summed E-state index contributed by atoms with van der Waals surface area (Å²) in [5, 5.41) is -0.536. The number of halogens is 6. The first-order valence-corrected chi connectivity index (χ1v) is 4.77. The van der Waals surface area contributed by atoms with Crippen molar-refractivity contribution in [2.24, 2.45) is 0 Å². The molecule has 0 spiro atoms. The molecule has 0 fully saturated rings. The maximum atomic E-state index is 12.5. The molecule has 0 N–H and O–H groups in total. The molecule has 0 heterocycles. The van der Waals surface area contributed by atoms with E-state index in [9.17, 15) is 31.1 Å². The van der Waals surface area contributed by atoms with Crippen LogP contribution in [0, 0.1) is 0 Å². The van der Waals surface area contributed by atoms with Crippen LogP contribution in [0.25, 0.3) is 0 Å². The van der Waals surface area contributed by atoms with E-state index in [0.29, 0.717) is 11.8 Å². The van der Waals surface area contributed by atoms with Crippen molar-refractivity contribution >= 4 is 16.9 Å². The highest BCUT2D eigenvalue weighted by Gasteiger charge is 2.62. The number of hydrogen-bond acceptors (Lipinski definition) is 2. The van der Waals surface area contributed by atoms with Crippen LogP contribution in [0.1, 0.15) is 13.3 Å². The zero-order chi connectivity index (χ0) is 12.3. The lowest BCUT2D eigenvalue weighted by Gasteiger charge is -2.25. The number of carbonyl (C=O) groups is 1. The van der Waals surface area contributed by atoms with Gasteiger partial charge in [0.15, 0.2) is 5.12 Å². The van der Waals surface area contributed by atoms with Crippen molar-refractivity contribution in [2.45, 2.75) is 31.6 Å². The minimum absolute atomic E-state index is 0.389. The minimum Gasteiger partial charge on any atom is -0.288 e. The Morgan fingerprint density at radius 3 is 2.07 bits per heavy atom. The molecule has 8 heteroatoms. The third kappa shape index (κ3) is 3.92. The van der Waals surface area contributed by atoms with E-state index in [2.05, 4.69) is 0 Å². The first-order chi connectivity index (χ1) is 6.61. The van der Waals surface area contributed by atoms with E-state index in [1.165, 1.54) is 0 Å². The van der Waals surface area contributed by atoms with E-state index in [1.807, 2.05) is 0 Å². The molecule has 0 atom stereocenters. The number of thioether (sulfide) groups is 1. The van der Waals surface area contributed by atoms with Crippen LogP contribution >= 0.6 is 11.8 Å². The van der Waals surface area contributed by atoms with E-state index >= 15 is 0 Å². The summed E-state index contributed by atoms with van der Waals surface area (Å²) in [5.41, 5.74) is 0. The SMILES string of the molecule is CC(=O)SCCC(F)(F)C(F)(F)C(F)F. The Morgan fingerprint density at radius 2 is 1.73 bits per heavy atom. The van der Waals surface area contributed by atoms with E-state index in [0.717, 1.165) is 6.92 Å². The van der Waals surface area contributed by atoms with E-state index in [1.54, 1.807) is 0 Å². The molecule has 0 unspecified atom stereocenters. The number of alkyl halides is 6. The Hall–Kier alpha value is -0.400. The topological polar surface area (TPSA) is 17.1 Å². The highest BCUT2D eigenvalue weighted by atomic mass is 32.2. The van der Waals surface area contributed by atoms with Gasteiger partial charge in [0.1, 0.15) is 0 Å². The first kappa shape index (κ1) is 14.6. The average molecular weight is 254 g/mol. The fourth-order valence-electron chi connectivity index (χ4n) is 0.649. The standard InChI is InChI=1S/C7H8F6OS/c1-4(14)15-3-2-6(10,11)7(12,13)5(8)9/h5H,2-3H2,1H3. The van der Waals surface area contributed by atoms with Crippen molar-refractivity contribution in [1.82, 2.24) is 0 Å². The van der Waals surface area contributed by atoms with Crippen LogP contribution in [0.5, 0.6) is 0 Å². The molecule has 0 aromatic carbocycles. The lowest BCUT2D eigenvalue weighted by atomic mass is 10.1. The summed E-state index contributed by atoms with van der Waals surface area (Å²) in [6.45, 7) is 1.06. The van der Waals surface area contributed by atoms with E-state index < -0.39 is 35.6 Å². The van der Waals surface area contributed by atoms with Crippen molar-refractivity contribution in [3.8, 4) is 0 Å². The van der Waals surface area contributed by atoms with Crippen LogP contribution in [0.3, 0.4) is 0 Å². The maximum absolute atomic E-state index is 12.5. The summed E-state index contributed by atoms with van der Waals surface area (Å²) in [5.74, 6) is -10.8. The monoisotopic (exact) mass is 254 g/mol. The Kier molecular flexibility index (Phi) is 4.95. The van der Waals surface area contributed by atoms with Gasteiger partial charge in [-0.2, -0.15) is 17.6 Å². The van der Waals surface area contributed by atoms with Crippen LogP contribution in [-0.4, -0.2) is 29.1 Å². The van der Waals surface area contributed by atoms with Gasteiger partial charge in [0.2, 0.25) is 0 Å². The zero-order valence-corrected chi connectivity index (χ0v) is 8.39. The summed E-state index contributed by atoms with van der Waals surface area (Å²) in [7, 11) is 0. The second-order valence-corrected chi connectivity index (χ2v) is 3.99. The lowest BCUT2D eigenvalue weighted by molar-refractivity contribution is -0.263. The number of hydrogen-bond donors (Lipinski definition) is 0. The van der Waals surface area contributed by atoms with Crippen molar-refractivity contribution in [1.29, 1.82) is 0 Å². The molecule has 0 aliphatic carbocycles. The molecular formula is C7H8F6OS. The fraction of sp³-hybridized carbons (Fsp3) is 0.857. The quantitative estimate of drug-likeness (QED) is 0.701.